The summed E-state index contributed by atoms with van der Waals surface area (Å²) >= 11 is 0. The van der Waals surface area contributed by atoms with Gasteiger partial charge in [-0.1, -0.05) is 60.7 Å². The summed E-state index contributed by atoms with van der Waals surface area (Å²) in [5.74, 6) is 2.00. The molecule has 5 rings (SSSR count). The number of amides is 1. The molecule has 2 unspecified atom stereocenters. The Morgan fingerprint density at radius 2 is 1.66 bits per heavy atom. The van der Waals surface area contributed by atoms with Crippen LogP contribution in [0.5, 0.6) is 5.75 Å². The first-order valence-electron chi connectivity index (χ1n) is 12.7. The van der Waals surface area contributed by atoms with Gasteiger partial charge in [-0.3, -0.25) is 4.79 Å². The van der Waals surface area contributed by atoms with Crippen LogP contribution in [0.2, 0.25) is 0 Å². The molecule has 2 aromatic heterocycles. The molecule has 0 aliphatic carbocycles. The number of hydrogen-bond acceptors (Lipinski definition) is 5. The molecule has 2 heterocycles. The van der Waals surface area contributed by atoms with E-state index in [4.69, 9.17) is 10.5 Å². The molecule has 0 spiro atoms. The van der Waals surface area contributed by atoms with Gasteiger partial charge in [-0.2, -0.15) is 0 Å². The number of fused-ring (bicyclic) bond motifs is 1. The molecule has 0 saturated carbocycles. The van der Waals surface area contributed by atoms with Crippen molar-refractivity contribution in [1.82, 2.24) is 25.1 Å². The van der Waals surface area contributed by atoms with Gasteiger partial charge in [-0.05, 0) is 47.7 Å². The first kappa shape index (κ1) is 25.2. The standard InChI is InChI=1S/C30H32N6O2/c1-20(37)33-28(16-21-8-4-3-5-9-21)30-35-34-29(36(30)19-22-12-14-24(38-2)15-13-22)26(31)17-23-18-32-27-11-7-6-10-25(23)27/h3-15,18,26,28,32H,16-17,19,31H2,1-2H3,(H,33,37). The molecule has 5 aromatic rings. The van der Waals surface area contributed by atoms with Crippen molar-refractivity contribution in [2.45, 2.75) is 38.4 Å². The van der Waals surface area contributed by atoms with Crippen LogP contribution >= 0.6 is 0 Å². The molecule has 194 valence electrons. The minimum absolute atomic E-state index is 0.130. The van der Waals surface area contributed by atoms with Gasteiger partial charge in [0.2, 0.25) is 5.91 Å². The predicted molar refractivity (Wildman–Crippen MR) is 148 cm³/mol. The highest BCUT2D eigenvalue weighted by atomic mass is 16.5. The predicted octanol–water partition coefficient (Wildman–Crippen LogP) is 4.48. The summed E-state index contributed by atoms with van der Waals surface area (Å²) < 4.78 is 7.38. The number of para-hydroxylation sites is 1. The van der Waals surface area contributed by atoms with Crippen molar-refractivity contribution in [1.29, 1.82) is 0 Å². The number of methoxy groups -OCH3 is 1. The third-order valence-corrected chi connectivity index (χ3v) is 6.73. The van der Waals surface area contributed by atoms with Gasteiger partial charge in [0.15, 0.2) is 11.6 Å². The number of carbonyl (C=O) groups is 1. The Hall–Kier alpha value is -4.43. The summed E-state index contributed by atoms with van der Waals surface area (Å²) in [6, 6.07) is 25.4. The largest absolute Gasteiger partial charge is 0.497 e. The van der Waals surface area contributed by atoms with Crippen LogP contribution < -0.4 is 15.8 Å². The lowest BCUT2D eigenvalue weighted by atomic mass is 10.0. The van der Waals surface area contributed by atoms with Crippen molar-refractivity contribution in [3.63, 3.8) is 0 Å². The van der Waals surface area contributed by atoms with E-state index < -0.39 is 6.04 Å². The number of aromatic nitrogens is 4. The fraction of sp³-hybridized carbons (Fsp3) is 0.233. The highest BCUT2D eigenvalue weighted by Crippen LogP contribution is 2.26. The average molecular weight is 509 g/mol. The molecule has 0 radical (unpaired) electrons. The minimum Gasteiger partial charge on any atom is -0.497 e. The van der Waals surface area contributed by atoms with Crippen LogP contribution in [0.4, 0.5) is 0 Å². The number of benzene rings is 3. The van der Waals surface area contributed by atoms with Crippen molar-refractivity contribution >= 4 is 16.8 Å². The Morgan fingerprint density at radius 3 is 2.39 bits per heavy atom. The molecule has 8 nitrogen and oxygen atoms in total. The molecule has 0 aliphatic rings. The van der Waals surface area contributed by atoms with Crippen LogP contribution in [0.25, 0.3) is 10.9 Å². The van der Waals surface area contributed by atoms with Crippen LogP contribution in [-0.4, -0.2) is 32.8 Å². The fourth-order valence-corrected chi connectivity index (χ4v) is 4.87. The van der Waals surface area contributed by atoms with Gasteiger partial charge in [-0.25, -0.2) is 0 Å². The van der Waals surface area contributed by atoms with Crippen LogP contribution in [0, 0.1) is 0 Å². The van der Waals surface area contributed by atoms with Gasteiger partial charge in [0.05, 0.1) is 25.7 Å². The number of H-pyrrole nitrogens is 1. The molecule has 1 amide bonds. The number of aromatic amines is 1. The SMILES string of the molecule is COc1ccc(Cn2c(C(N)Cc3c[nH]c4ccccc34)nnc2C(Cc2ccccc2)NC(C)=O)cc1. The molecular formula is C30H32N6O2. The molecule has 3 aromatic carbocycles. The van der Waals surface area contributed by atoms with Gasteiger partial charge < -0.3 is 25.3 Å². The second kappa shape index (κ2) is 11.3. The van der Waals surface area contributed by atoms with E-state index in [1.165, 1.54) is 6.92 Å². The van der Waals surface area contributed by atoms with Gasteiger partial charge >= 0.3 is 0 Å². The Balaban J connectivity index is 1.52. The van der Waals surface area contributed by atoms with Crippen molar-refractivity contribution in [3.8, 4) is 5.75 Å². The fourth-order valence-electron chi connectivity index (χ4n) is 4.87. The Kier molecular flexibility index (Phi) is 7.51. The molecule has 38 heavy (non-hydrogen) atoms. The number of nitrogens with two attached hydrogens (primary N) is 1. The maximum absolute atomic E-state index is 12.2. The Labute approximate surface area is 221 Å². The lowest BCUT2D eigenvalue weighted by molar-refractivity contribution is -0.119. The van der Waals surface area contributed by atoms with E-state index in [-0.39, 0.29) is 11.9 Å². The second-order valence-corrected chi connectivity index (χ2v) is 9.46. The van der Waals surface area contributed by atoms with Crippen LogP contribution in [-0.2, 0) is 24.2 Å². The Bertz CT molecular complexity index is 1510. The van der Waals surface area contributed by atoms with Crippen molar-refractivity contribution in [3.05, 3.63) is 113 Å². The summed E-state index contributed by atoms with van der Waals surface area (Å²) in [6.07, 6.45) is 3.18. The van der Waals surface area contributed by atoms with Crippen molar-refractivity contribution < 1.29 is 9.53 Å². The monoisotopic (exact) mass is 508 g/mol. The zero-order valence-electron chi connectivity index (χ0n) is 21.6. The summed E-state index contributed by atoms with van der Waals surface area (Å²) in [4.78, 5) is 15.5. The number of nitrogens with one attached hydrogen (secondary N) is 2. The zero-order valence-corrected chi connectivity index (χ0v) is 21.6. The molecular weight excluding hydrogens is 476 g/mol. The number of hydrogen-bond donors (Lipinski definition) is 3. The van der Waals surface area contributed by atoms with Crippen LogP contribution in [0.3, 0.4) is 0 Å². The maximum Gasteiger partial charge on any atom is 0.217 e. The first-order valence-corrected chi connectivity index (χ1v) is 12.7. The van der Waals surface area contributed by atoms with E-state index in [2.05, 4.69) is 32.6 Å². The lowest BCUT2D eigenvalue weighted by Crippen LogP contribution is -2.31. The van der Waals surface area contributed by atoms with Crippen molar-refractivity contribution in [2.24, 2.45) is 5.73 Å². The molecule has 0 aliphatic heterocycles. The highest BCUT2D eigenvalue weighted by Gasteiger charge is 2.26. The van der Waals surface area contributed by atoms with Gasteiger partial charge in [0.25, 0.3) is 0 Å². The lowest BCUT2D eigenvalue weighted by Gasteiger charge is -2.21. The molecule has 2 atom stereocenters. The zero-order chi connectivity index (χ0) is 26.5. The van der Waals surface area contributed by atoms with E-state index in [0.717, 1.165) is 33.3 Å². The normalized spacial score (nSPS) is 12.8. The minimum atomic E-state index is -0.400. The summed E-state index contributed by atoms with van der Waals surface area (Å²) in [5.41, 5.74) is 11.1. The third kappa shape index (κ3) is 5.60. The third-order valence-electron chi connectivity index (χ3n) is 6.73. The molecule has 8 heteroatoms. The molecule has 0 saturated heterocycles. The van der Waals surface area contributed by atoms with Gasteiger partial charge in [-0.15, -0.1) is 10.2 Å². The molecule has 0 fully saturated rings. The van der Waals surface area contributed by atoms with E-state index in [9.17, 15) is 4.79 Å². The van der Waals surface area contributed by atoms with E-state index >= 15 is 0 Å². The topological polar surface area (TPSA) is 111 Å². The van der Waals surface area contributed by atoms with E-state index in [0.29, 0.717) is 31.0 Å². The van der Waals surface area contributed by atoms with Crippen molar-refractivity contribution in [2.75, 3.05) is 7.11 Å². The Morgan fingerprint density at radius 1 is 0.947 bits per heavy atom. The first-order chi connectivity index (χ1) is 18.5. The van der Waals surface area contributed by atoms with E-state index in [1.807, 2.05) is 77.5 Å². The van der Waals surface area contributed by atoms with Gasteiger partial charge in [0.1, 0.15) is 5.75 Å². The number of carbonyl (C=O) groups excluding carboxylic acids is 1. The number of nitrogens with zero attached hydrogens (tertiary/aromatic N) is 3. The number of ether oxygens (including phenoxy) is 1. The summed E-state index contributed by atoms with van der Waals surface area (Å²) in [6.45, 7) is 2.03. The summed E-state index contributed by atoms with van der Waals surface area (Å²) in [7, 11) is 1.65. The molecule has 4 N–H and O–H groups in total. The van der Waals surface area contributed by atoms with E-state index in [1.54, 1.807) is 7.11 Å². The summed E-state index contributed by atoms with van der Waals surface area (Å²) in [5, 5.41) is 13.4. The highest BCUT2D eigenvalue weighted by molar-refractivity contribution is 5.83. The maximum atomic E-state index is 12.2. The smallest absolute Gasteiger partial charge is 0.217 e. The van der Waals surface area contributed by atoms with Crippen LogP contribution in [0.15, 0.2) is 85.1 Å². The van der Waals surface area contributed by atoms with Gasteiger partial charge in [0, 0.05) is 24.0 Å². The second-order valence-electron chi connectivity index (χ2n) is 9.46. The number of rotatable bonds is 10. The quantitative estimate of drug-likeness (QED) is 0.258. The van der Waals surface area contributed by atoms with Crippen LogP contribution in [0.1, 0.15) is 47.3 Å². The molecule has 0 bridgehead atoms. The average Bonchev–Trinajstić information content (AvgIpc) is 3.53.